The Labute approximate surface area is 201 Å². The van der Waals surface area contributed by atoms with Crippen molar-refractivity contribution in [2.45, 2.75) is 56.6 Å². The maximum Gasteiger partial charge on any atom is 0.302 e. The molecular formula is C28H34N2O4. The first kappa shape index (κ1) is 22.9. The highest BCUT2D eigenvalue weighted by molar-refractivity contribution is 5.94. The lowest BCUT2D eigenvalue weighted by atomic mass is 9.57. The van der Waals surface area contributed by atoms with Crippen LogP contribution in [0.5, 0.6) is 5.75 Å². The van der Waals surface area contributed by atoms with E-state index in [1.165, 1.54) is 19.8 Å². The molecule has 180 valence electrons. The molecule has 3 unspecified atom stereocenters. The maximum absolute atomic E-state index is 13.0. The number of hydrogen-bond acceptors (Lipinski definition) is 5. The lowest BCUT2D eigenvalue weighted by Gasteiger charge is -2.55. The minimum absolute atomic E-state index is 0.107. The SMILES string of the molecule is CC(=O)OC1C[C@H](NC(=O)c2ccccc2)CC2(c3cccc(O)c3)CCN(CC3CC3)CC12. The van der Waals surface area contributed by atoms with Gasteiger partial charge in [-0.15, -0.1) is 0 Å². The Morgan fingerprint density at radius 1 is 1.15 bits per heavy atom. The van der Waals surface area contributed by atoms with Crippen molar-refractivity contribution in [3.05, 3.63) is 65.7 Å². The molecule has 6 nitrogen and oxygen atoms in total. The fourth-order valence-electron chi connectivity index (χ4n) is 6.22. The van der Waals surface area contributed by atoms with Gasteiger partial charge in [0.15, 0.2) is 0 Å². The standard InChI is InChI=1S/C28H34N2O4/c1-19(31)34-26-15-23(29-27(33)21-6-3-2-4-7-21)16-28(22-8-5-9-24(32)14-22)12-13-30(18-25(26)28)17-20-10-11-20/h2-9,14,20,23,25-26,32H,10-13,15-18H2,1H3,(H,29,33)/t23-,25?,26?,28?/m0/s1. The van der Waals surface area contributed by atoms with E-state index in [0.29, 0.717) is 12.0 Å². The van der Waals surface area contributed by atoms with Gasteiger partial charge in [0, 0.05) is 49.4 Å². The summed E-state index contributed by atoms with van der Waals surface area (Å²) in [6.45, 7) is 4.40. The molecule has 0 aromatic heterocycles. The molecule has 1 saturated heterocycles. The number of benzene rings is 2. The van der Waals surface area contributed by atoms with Gasteiger partial charge in [-0.1, -0.05) is 30.3 Å². The minimum Gasteiger partial charge on any atom is -0.508 e. The number of nitrogens with zero attached hydrogens (tertiary/aromatic N) is 1. The Kier molecular flexibility index (Phi) is 6.34. The van der Waals surface area contributed by atoms with E-state index in [4.69, 9.17) is 4.74 Å². The van der Waals surface area contributed by atoms with Crippen molar-refractivity contribution in [2.75, 3.05) is 19.6 Å². The van der Waals surface area contributed by atoms with Crippen molar-refractivity contribution < 1.29 is 19.4 Å². The summed E-state index contributed by atoms with van der Waals surface area (Å²) in [5.41, 5.74) is 1.41. The lowest BCUT2D eigenvalue weighted by molar-refractivity contribution is -0.157. The molecule has 1 heterocycles. The lowest BCUT2D eigenvalue weighted by Crippen LogP contribution is -2.61. The smallest absolute Gasteiger partial charge is 0.302 e. The number of carbonyl (C=O) groups excluding carboxylic acids is 2. The third-order valence-corrected chi connectivity index (χ3v) is 7.94. The van der Waals surface area contributed by atoms with Gasteiger partial charge in [-0.3, -0.25) is 9.59 Å². The number of amides is 1. The van der Waals surface area contributed by atoms with Crippen molar-refractivity contribution in [3.63, 3.8) is 0 Å². The van der Waals surface area contributed by atoms with Gasteiger partial charge in [0.2, 0.25) is 0 Å². The third kappa shape index (κ3) is 4.83. The summed E-state index contributed by atoms with van der Waals surface area (Å²) in [4.78, 5) is 27.7. The third-order valence-electron chi connectivity index (χ3n) is 7.94. The van der Waals surface area contributed by atoms with Gasteiger partial charge in [-0.2, -0.15) is 0 Å². The van der Waals surface area contributed by atoms with Crippen LogP contribution in [0.25, 0.3) is 0 Å². The quantitative estimate of drug-likeness (QED) is 0.637. The first-order valence-corrected chi connectivity index (χ1v) is 12.5. The first-order valence-electron chi connectivity index (χ1n) is 12.5. The van der Waals surface area contributed by atoms with Crippen LogP contribution in [-0.4, -0.2) is 53.7 Å². The molecule has 0 bridgehead atoms. The second-order valence-electron chi connectivity index (χ2n) is 10.4. The molecule has 1 aliphatic heterocycles. The van der Waals surface area contributed by atoms with Crippen LogP contribution in [0.1, 0.15) is 54.9 Å². The Hall–Kier alpha value is -2.86. The van der Waals surface area contributed by atoms with E-state index >= 15 is 0 Å². The average Bonchev–Trinajstić information content (AvgIpc) is 3.64. The summed E-state index contributed by atoms with van der Waals surface area (Å²) in [7, 11) is 0. The Balaban J connectivity index is 1.47. The minimum atomic E-state index is -0.295. The van der Waals surface area contributed by atoms with E-state index in [0.717, 1.165) is 44.0 Å². The van der Waals surface area contributed by atoms with Crippen LogP contribution in [0, 0.1) is 11.8 Å². The number of rotatable bonds is 6. The number of piperidine rings is 1. The fourth-order valence-corrected chi connectivity index (χ4v) is 6.22. The molecule has 4 atom stereocenters. The number of aromatic hydroxyl groups is 1. The molecule has 2 N–H and O–H groups in total. The summed E-state index contributed by atoms with van der Waals surface area (Å²) in [5.74, 6) is 0.745. The van der Waals surface area contributed by atoms with Gasteiger partial charge in [0.05, 0.1) is 0 Å². The van der Waals surface area contributed by atoms with E-state index < -0.39 is 0 Å². The molecule has 1 amide bonds. The van der Waals surface area contributed by atoms with Gasteiger partial charge in [-0.25, -0.2) is 0 Å². The molecule has 2 aromatic carbocycles. The predicted molar refractivity (Wildman–Crippen MR) is 130 cm³/mol. The van der Waals surface area contributed by atoms with Crippen molar-refractivity contribution in [1.29, 1.82) is 0 Å². The van der Waals surface area contributed by atoms with Crippen LogP contribution in [0.3, 0.4) is 0 Å². The van der Waals surface area contributed by atoms with Gasteiger partial charge in [0.25, 0.3) is 5.91 Å². The predicted octanol–water partition coefficient (Wildman–Crippen LogP) is 3.89. The van der Waals surface area contributed by atoms with Crippen molar-refractivity contribution in [1.82, 2.24) is 10.2 Å². The van der Waals surface area contributed by atoms with Gasteiger partial charge >= 0.3 is 5.97 Å². The number of fused-ring (bicyclic) bond motifs is 1. The summed E-state index contributed by atoms with van der Waals surface area (Å²) in [5, 5.41) is 13.5. The number of nitrogens with one attached hydrogen (secondary N) is 1. The molecule has 3 fully saturated rings. The molecule has 0 spiro atoms. The normalized spacial score (nSPS) is 29.1. The number of ether oxygens (including phenoxy) is 1. The average molecular weight is 463 g/mol. The van der Waals surface area contributed by atoms with Crippen molar-refractivity contribution >= 4 is 11.9 Å². The molecule has 6 heteroatoms. The highest BCUT2D eigenvalue weighted by atomic mass is 16.5. The van der Waals surface area contributed by atoms with Crippen molar-refractivity contribution in [3.8, 4) is 5.75 Å². The van der Waals surface area contributed by atoms with Crippen LogP contribution < -0.4 is 5.32 Å². The van der Waals surface area contributed by atoms with E-state index in [-0.39, 0.29) is 41.1 Å². The van der Waals surface area contributed by atoms with E-state index in [9.17, 15) is 14.7 Å². The number of phenolic OH excluding ortho intramolecular Hbond substituents is 1. The summed E-state index contributed by atoms with van der Waals surface area (Å²) >= 11 is 0. The molecule has 0 radical (unpaired) electrons. The molecule has 2 aliphatic carbocycles. The molecular weight excluding hydrogens is 428 g/mol. The van der Waals surface area contributed by atoms with Crippen LogP contribution in [0.15, 0.2) is 54.6 Å². The Morgan fingerprint density at radius 3 is 2.65 bits per heavy atom. The fraction of sp³-hybridized carbons (Fsp3) is 0.500. The highest BCUT2D eigenvalue weighted by Gasteiger charge is 2.54. The summed E-state index contributed by atoms with van der Waals surface area (Å²) < 4.78 is 5.94. The summed E-state index contributed by atoms with van der Waals surface area (Å²) in [6, 6.07) is 16.6. The number of carbonyl (C=O) groups is 2. The molecule has 2 aromatic rings. The van der Waals surface area contributed by atoms with Gasteiger partial charge in [-0.05, 0) is 68.0 Å². The van der Waals surface area contributed by atoms with E-state index in [1.807, 2.05) is 42.5 Å². The molecule has 5 rings (SSSR count). The number of hydrogen-bond donors (Lipinski definition) is 2. The monoisotopic (exact) mass is 462 g/mol. The van der Waals surface area contributed by atoms with Crippen LogP contribution in [0.2, 0.25) is 0 Å². The van der Waals surface area contributed by atoms with E-state index in [2.05, 4.69) is 16.3 Å². The zero-order valence-electron chi connectivity index (χ0n) is 19.8. The number of phenols is 1. The number of likely N-dealkylation sites (tertiary alicyclic amines) is 1. The molecule has 34 heavy (non-hydrogen) atoms. The molecule has 3 aliphatic rings. The van der Waals surface area contributed by atoms with Crippen molar-refractivity contribution in [2.24, 2.45) is 11.8 Å². The van der Waals surface area contributed by atoms with Crippen LogP contribution in [-0.2, 0) is 14.9 Å². The van der Waals surface area contributed by atoms with Crippen LogP contribution >= 0.6 is 0 Å². The van der Waals surface area contributed by atoms with Gasteiger partial charge in [0.1, 0.15) is 11.9 Å². The topological polar surface area (TPSA) is 78.9 Å². The first-order chi connectivity index (χ1) is 16.4. The maximum atomic E-state index is 13.0. The highest BCUT2D eigenvalue weighted by Crippen LogP contribution is 2.51. The van der Waals surface area contributed by atoms with Crippen LogP contribution in [0.4, 0.5) is 0 Å². The largest absolute Gasteiger partial charge is 0.508 e. The second-order valence-corrected chi connectivity index (χ2v) is 10.4. The Morgan fingerprint density at radius 2 is 1.94 bits per heavy atom. The summed E-state index contributed by atoms with van der Waals surface area (Å²) in [6.07, 6.45) is 4.58. The number of esters is 1. The zero-order valence-corrected chi connectivity index (χ0v) is 19.8. The van der Waals surface area contributed by atoms with E-state index in [1.54, 1.807) is 6.07 Å². The van der Waals surface area contributed by atoms with Gasteiger partial charge < -0.3 is 20.1 Å². The molecule has 2 saturated carbocycles. The second kappa shape index (κ2) is 9.41. The zero-order chi connectivity index (χ0) is 23.7. The Bertz CT molecular complexity index is 1040.